The van der Waals surface area contributed by atoms with E-state index in [4.69, 9.17) is 10.8 Å². The number of benzene rings is 1. The topological polar surface area (TPSA) is 46.2 Å². The van der Waals surface area contributed by atoms with Crippen molar-refractivity contribution < 1.29 is 22.7 Å². The Kier molecular flexibility index (Phi) is 3.54. The average Bonchev–Trinajstić information content (AvgIpc) is 2.15. The van der Waals surface area contributed by atoms with Gasteiger partial charge in [0, 0.05) is 5.56 Å². The summed E-state index contributed by atoms with van der Waals surface area (Å²) < 4.78 is 49.9. The van der Waals surface area contributed by atoms with Crippen molar-refractivity contribution in [3.05, 3.63) is 35.1 Å². The molecule has 1 rings (SSSR count). The second-order valence-electron chi connectivity index (χ2n) is 3.50. The molecule has 1 aromatic rings. The molecule has 0 fully saturated rings. The zero-order valence-corrected chi connectivity index (χ0v) is 8.42. The van der Waals surface area contributed by atoms with Crippen LogP contribution in [0.1, 0.15) is 24.1 Å². The van der Waals surface area contributed by atoms with Crippen LogP contribution in [-0.4, -0.2) is 11.2 Å². The molecule has 0 saturated carbocycles. The summed E-state index contributed by atoms with van der Waals surface area (Å²) in [6, 6.07) is 1.01. The third-order valence-electron chi connectivity index (χ3n) is 2.21. The summed E-state index contributed by atoms with van der Waals surface area (Å²) in [5, 5.41) is 9.11. The molecule has 0 aliphatic rings. The van der Waals surface area contributed by atoms with E-state index in [-0.39, 0.29) is 5.56 Å². The largest absolute Gasteiger partial charge is 0.416 e. The molecular formula is C10H11F4NO. The van der Waals surface area contributed by atoms with E-state index in [0.29, 0.717) is 6.07 Å². The van der Waals surface area contributed by atoms with E-state index in [1.807, 2.05) is 0 Å². The number of hydrogen-bond acceptors (Lipinski definition) is 2. The lowest BCUT2D eigenvalue weighted by molar-refractivity contribution is -0.137. The fourth-order valence-electron chi connectivity index (χ4n) is 1.23. The van der Waals surface area contributed by atoms with Gasteiger partial charge in [-0.25, -0.2) is 4.39 Å². The lowest BCUT2D eigenvalue weighted by Crippen LogP contribution is -2.24. The molecule has 0 unspecified atom stereocenters. The Morgan fingerprint density at radius 1 is 1.31 bits per heavy atom. The first-order chi connectivity index (χ1) is 7.23. The minimum Gasteiger partial charge on any atom is -0.391 e. The molecule has 0 amide bonds. The molecule has 16 heavy (non-hydrogen) atoms. The van der Waals surface area contributed by atoms with Crippen molar-refractivity contribution in [1.82, 2.24) is 0 Å². The van der Waals surface area contributed by atoms with Gasteiger partial charge in [0.05, 0.1) is 17.7 Å². The monoisotopic (exact) mass is 237 g/mol. The highest BCUT2D eigenvalue weighted by molar-refractivity contribution is 5.28. The summed E-state index contributed by atoms with van der Waals surface area (Å²) in [7, 11) is 0. The van der Waals surface area contributed by atoms with Gasteiger partial charge in [-0.05, 0) is 19.1 Å². The van der Waals surface area contributed by atoms with Crippen molar-refractivity contribution in [2.45, 2.75) is 25.2 Å². The molecule has 0 radical (unpaired) electrons. The van der Waals surface area contributed by atoms with E-state index in [0.717, 1.165) is 12.1 Å². The summed E-state index contributed by atoms with van der Waals surface area (Å²) >= 11 is 0. The predicted octanol–water partition coefficient (Wildman–Crippen LogP) is 2.23. The third kappa shape index (κ3) is 2.70. The van der Waals surface area contributed by atoms with Crippen LogP contribution in [0, 0.1) is 5.82 Å². The van der Waals surface area contributed by atoms with Crippen LogP contribution in [0.3, 0.4) is 0 Å². The highest BCUT2D eigenvalue weighted by Gasteiger charge is 2.31. The average molecular weight is 237 g/mol. The fraction of sp³-hybridized carbons (Fsp3) is 0.400. The molecule has 0 heterocycles. The van der Waals surface area contributed by atoms with E-state index in [9.17, 15) is 17.6 Å². The van der Waals surface area contributed by atoms with Crippen LogP contribution in [0.5, 0.6) is 0 Å². The number of aliphatic hydroxyl groups excluding tert-OH is 1. The van der Waals surface area contributed by atoms with Crippen LogP contribution in [0.15, 0.2) is 18.2 Å². The maximum Gasteiger partial charge on any atom is 0.416 e. The van der Waals surface area contributed by atoms with Crippen molar-refractivity contribution in [2.75, 3.05) is 0 Å². The molecular weight excluding hydrogens is 226 g/mol. The van der Waals surface area contributed by atoms with Crippen molar-refractivity contribution >= 4 is 0 Å². The minimum absolute atomic E-state index is 0.136. The first-order valence-corrected chi connectivity index (χ1v) is 4.53. The first-order valence-electron chi connectivity index (χ1n) is 4.53. The quantitative estimate of drug-likeness (QED) is 0.775. The fourth-order valence-corrected chi connectivity index (χ4v) is 1.23. The number of alkyl halides is 3. The Morgan fingerprint density at radius 2 is 1.88 bits per heavy atom. The summed E-state index contributed by atoms with van der Waals surface area (Å²) in [5.74, 6) is -1.07. The van der Waals surface area contributed by atoms with E-state index in [2.05, 4.69) is 0 Å². The Labute approximate surface area is 89.7 Å². The van der Waals surface area contributed by atoms with Crippen LogP contribution in [0.25, 0.3) is 0 Å². The Bertz CT molecular complexity index is 376. The van der Waals surface area contributed by atoms with Crippen LogP contribution >= 0.6 is 0 Å². The molecule has 0 aromatic heterocycles. The van der Waals surface area contributed by atoms with E-state index in [1.165, 1.54) is 6.92 Å². The van der Waals surface area contributed by atoms with Gasteiger partial charge in [-0.1, -0.05) is 6.07 Å². The van der Waals surface area contributed by atoms with Gasteiger partial charge < -0.3 is 10.8 Å². The van der Waals surface area contributed by atoms with Gasteiger partial charge in [0.25, 0.3) is 0 Å². The number of nitrogens with two attached hydrogens (primary N) is 1. The van der Waals surface area contributed by atoms with Gasteiger partial charge in [-0.3, -0.25) is 0 Å². The summed E-state index contributed by atoms with van der Waals surface area (Å²) in [6.45, 7) is 1.34. The van der Waals surface area contributed by atoms with Crippen molar-refractivity contribution in [3.8, 4) is 0 Å². The molecule has 6 heteroatoms. The predicted molar refractivity (Wildman–Crippen MR) is 50.0 cm³/mol. The molecule has 90 valence electrons. The maximum absolute atomic E-state index is 13.3. The molecule has 0 bridgehead atoms. The van der Waals surface area contributed by atoms with Gasteiger partial charge in [-0.15, -0.1) is 0 Å². The molecule has 0 aliphatic carbocycles. The van der Waals surface area contributed by atoms with Gasteiger partial charge >= 0.3 is 6.18 Å². The minimum atomic E-state index is -4.59. The molecule has 0 aliphatic heterocycles. The zero-order chi connectivity index (χ0) is 12.5. The van der Waals surface area contributed by atoms with Crippen LogP contribution in [-0.2, 0) is 6.18 Å². The normalized spacial score (nSPS) is 15.9. The maximum atomic E-state index is 13.3. The molecule has 0 saturated heterocycles. The summed E-state index contributed by atoms with van der Waals surface area (Å²) in [4.78, 5) is 0. The number of aliphatic hydroxyl groups is 1. The second-order valence-corrected chi connectivity index (χ2v) is 3.50. The zero-order valence-electron chi connectivity index (χ0n) is 8.42. The lowest BCUT2D eigenvalue weighted by atomic mass is 10.0. The molecule has 3 N–H and O–H groups in total. The van der Waals surface area contributed by atoms with Crippen LogP contribution in [0.4, 0.5) is 17.6 Å². The van der Waals surface area contributed by atoms with Gasteiger partial charge in [0.15, 0.2) is 0 Å². The number of hydrogen-bond donors (Lipinski definition) is 2. The van der Waals surface area contributed by atoms with Crippen LogP contribution < -0.4 is 5.73 Å². The highest BCUT2D eigenvalue weighted by Crippen LogP contribution is 2.31. The molecule has 1 aromatic carbocycles. The third-order valence-corrected chi connectivity index (χ3v) is 2.21. The number of halogens is 4. The van der Waals surface area contributed by atoms with Crippen molar-refractivity contribution in [2.24, 2.45) is 5.73 Å². The van der Waals surface area contributed by atoms with Gasteiger partial charge in [-0.2, -0.15) is 13.2 Å². The smallest absolute Gasteiger partial charge is 0.391 e. The molecule has 2 atom stereocenters. The first kappa shape index (κ1) is 12.9. The standard InChI is InChI=1S/C10H11F4NO/c1-5(16)9(15)7-3-2-6(4-8(7)11)10(12,13)14/h2-5,9,16H,15H2,1H3/t5-,9-/m1/s1. The second kappa shape index (κ2) is 4.39. The van der Waals surface area contributed by atoms with E-state index >= 15 is 0 Å². The van der Waals surface area contributed by atoms with Gasteiger partial charge in [0.2, 0.25) is 0 Å². The van der Waals surface area contributed by atoms with Crippen molar-refractivity contribution in [3.63, 3.8) is 0 Å². The Balaban J connectivity index is 3.10. The van der Waals surface area contributed by atoms with E-state index in [1.54, 1.807) is 0 Å². The molecule has 0 spiro atoms. The van der Waals surface area contributed by atoms with Gasteiger partial charge in [0.1, 0.15) is 5.82 Å². The summed E-state index contributed by atoms with van der Waals surface area (Å²) in [6.07, 6.45) is -5.62. The molecule has 2 nitrogen and oxygen atoms in total. The Hall–Kier alpha value is -1.14. The van der Waals surface area contributed by atoms with Crippen LogP contribution in [0.2, 0.25) is 0 Å². The number of rotatable bonds is 2. The summed E-state index contributed by atoms with van der Waals surface area (Å²) in [5.41, 5.74) is 4.21. The lowest BCUT2D eigenvalue weighted by Gasteiger charge is -2.17. The van der Waals surface area contributed by atoms with Crippen molar-refractivity contribution in [1.29, 1.82) is 0 Å². The SMILES string of the molecule is C[C@@H](O)[C@@H](N)c1ccc(C(F)(F)F)cc1F. The highest BCUT2D eigenvalue weighted by atomic mass is 19.4. The Morgan fingerprint density at radius 3 is 2.25 bits per heavy atom. The van der Waals surface area contributed by atoms with E-state index < -0.39 is 29.7 Å².